The number of nitrogens with zero attached hydrogens (tertiary/aromatic N) is 2. The van der Waals surface area contributed by atoms with Gasteiger partial charge in [-0.15, -0.1) is 0 Å². The molecular formula is C29H32N4O5S. The van der Waals surface area contributed by atoms with Crippen LogP contribution in [-0.2, 0) is 14.8 Å². The van der Waals surface area contributed by atoms with Crippen molar-refractivity contribution >= 4 is 33.7 Å². The van der Waals surface area contributed by atoms with E-state index in [1.165, 1.54) is 48.3 Å². The van der Waals surface area contributed by atoms with Gasteiger partial charge in [0.25, 0.3) is 21.8 Å². The minimum atomic E-state index is -3.71. The van der Waals surface area contributed by atoms with Crippen LogP contribution in [0.3, 0.4) is 0 Å². The Bertz CT molecular complexity index is 1390. The van der Waals surface area contributed by atoms with Gasteiger partial charge in [-0.1, -0.05) is 37.5 Å². The molecule has 0 spiro atoms. The maximum absolute atomic E-state index is 12.8. The van der Waals surface area contributed by atoms with E-state index in [0.29, 0.717) is 17.0 Å². The Balaban J connectivity index is 1.25. The van der Waals surface area contributed by atoms with Crippen molar-refractivity contribution in [3.8, 4) is 5.75 Å². The van der Waals surface area contributed by atoms with Crippen LogP contribution in [0.25, 0.3) is 0 Å². The summed E-state index contributed by atoms with van der Waals surface area (Å²) in [6.45, 7) is -0.0350. The number of amides is 2. The standard InChI is InChI=1S/C29H32N4O5S/c1-33(39(36,37)27-10-6-3-7-11-27)25-16-14-23(15-17-25)29(35)32-30-20-22-12-18-26(19-13-22)38-21-28(34)31-24-8-4-2-5-9-24/h3,6-7,10-20,24H,2,4-5,8-9,21H2,1H3,(H,31,34)(H,32,35)/b30-20-. The molecule has 4 rings (SSSR count). The van der Waals surface area contributed by atoms with E-state index >= 15 is 0 Å². The summed E-state index contributed by atoms with van der Waals surface area (Å²) in [5, 5.41) is 7.01. The lowest BCUT2D eigenvalue weighted by Gasteiger charge is -2.22. The zero-order valence-electron chi connectivity index (χ0n) is 21.7. The molecule has 1 aliphatic rings. The highest BCUT2D eigenvalue weighted by molar-refractivity contribution is 7.92. The van der Waals surface area contributed by atoms with E-state index in [4.69, 9.17) is 4.74 Å². The van der Waals surface area contributed by atoms with Crippen LogP contribution in [0.4, 0.5) is 5.69 Å². The number of rotatable bonds is 10. The molecule has 0 atom stereocenters. The molecule has 10 heteroatoms. The van der Waals surface area contributed by atoms with Crippen LogP contribution in [0.2, 0.25) is 0 Å². The number of hydrazone groups is 1. The topological polar surface area (TPSA) is 117 Å². The number of carbonyl (C=O) groups excluding carboxylic acids is 2. The predicted octanol–water partition coefficient (Wildman–Crippen LogP) is 4.10. The van der Waals surface area contributed by atoms with Crippen molar-refractivity contribution in [2.24, 2.45) is 5.10 Å². The summed E-state index contributed by atoms with van der Waals surface area (Å²) in [7, 11) is -2.24. The van der Waals surface area contributed by atoms with E-state index in [0.717, 1.165) is 31.2 Å². The van der Waals surface area contributed by atoms with Gasteiger partial charge in [0.2, 0.25) is 0 Å². The first-order valence-electron chi connectivity index (χ1n) is 12.8. The molecule has 204 valence electrons. The van der Waals surface area contributed by atoms with Gasteiger partial charge in [0.15, 0.2) is 6.61 Å². The first kappa shape index (κ1) is 27.8. The third-order valence-corrected chi connectivity index (χ3v) is 8.29. The third-order valence-electron chi connectivity index (χ3n) is 6.49. The quantitative estimate of drug-likeness (QED) is 0.292. The van der Waals surface area contributed by atoms with Crippen molar-refractivity contribution in [3.63, 3.8) is 0 Å². The summed E-state index contributed by atoms with van der Waals surface area (Å²) >= 11 is 0. The van der Waals surface area contributed by atoms with Gasteiger partial charge in [0.1, 0.15) is 5.75 Å². The van der Waals surface area contributed by atoms with Crippen LogP contribution in [-0.4, -0.2) is 46.1 Å². The largest absolute Gasteiger partial charge is 0.484 e. The molecule has 2 N–H and O–H groups in total. The Morgan fingerprint density at radius 1 is 0.949 bits per heavy atom. The highest BCUT2D eigenvalue weighted by Crippen LogP contribution is 2.22. The van der Waals surface area contributed by atoms with Gasteiger partial charge in [0, 0.05) is 18.7 Å². The smallest absolute Gasteiger partial charge is 0.271 e. The van der Waals surface area contributed by atoms with Crippen molar-refractivity contribution in [2.45, 2.75) is 43.0 Å². The van der Waals surface area contributed by atoms with Gasteiger partial charge in [-0.2, -0.15) is 5.10 Å². The molecule has 3 aromatic carbocycles. The van der Waals surface area contributed by atoms with E-state index in [9.17, 15) is 18.0 Å². The summed E-state index contributed by atoms with van der Waals surface area (Å²) in [5.74, 6) is 0.0114. The molecule has 0 aromatic heterocycles. The van der Waals surface area contributed by atoms with E-state index in [2.05, 4.69) is 15.8 Å². The molecule has 9 nitrogen and oxygen atoms in total. The number of carbonyl (C=O) groups is 2. The second kappa shape index (κ2) is 13.1. The fourth-order valence-corrected chi connectivity index (χ4v) is 5.47. The van der Waals surface area contributed by atoms with E-state index in [-0.39, 0.29) is 23.5 Å². The van der Waals surface area contributed by atoms with Crippen molar-refractivity contribution in [2.75, 3.05) is 18.0 Å². The molecule has 0 bridgehead atoms. The van der Waals surface area contributed by atoms with Crippen LogP contribution in [0.15, 0.2) is 88.9 Å². The van der Waals surface area contributed by atoms with Crippen LogP contribution < -0.4 is 19.8 Å². The van der Waals surface area contributed by atoms with E-state index in [1.807, 2.05) is 0 Å². The molecule has 1 aliphatic carbocycles. The Kier molecular flexibility index (Phi) is 9.32. The molecular weight excluding hydrogens is 516 g/mol. The highest BCUT2D eigenvalue weighted by Gasteiger charge is 2.21. The van der Waals surface area contributed by atoms with E-state index < -0.39 is 15.9 Å². The third kappa shape index (κ3) is 7.67. The predicted molar refractivity (Wildman–Crippen MR) is 150 cm³/mol. The molecule has 0 saturated heterocycles. The summed E-state index contributed by atoms with van der Waals surface area (Å²) < 4.78 is 32.3. The maximum Gasteiger partial charge on any atom is 0.271 e. The second-order valence-corrected chi connectivity index (χ2v) is 11.3. The molecule has 0 unspecified atom stereocenters. The lowest BCUT2D eigenvalue weighted by molar-refractivity contribution is -0.124. The highest BCUT2D eigenvalue weighted by atomic mass is 32.2. The summed E-state index contributed by atoms with van der Waals surface area (Å²) in [6, 6.07) is 21.6. The number of benzene rings is 3. The first-order chi connectivity index (χ1) is 18.8. The molecule has 1 fully saturated rings. The average Bonchev–Trinajstić information content (AvgIpc) is 2.97. The van der Waals surface area contributed by atoms with E-state index in [1.54, 1.807) is 54.6 Å². The van der Waals surface area contributed by atoms with Crippen molar-refractivity contribution in [1.29, 1.82) is 0 Å². The van der Waals surface area contributed by atoms with Crippen LogP contribution >= 0.6 is 0 Å². The Morgan fingerprint density at radius 3 is 2.28 bits per heavy atom. The van der Waals surface area contributed by atoms with Crippen LogP contribution in [0, 0.1) is 0 Å². The molecule has 0 radical (unpaired) electrons. The molecule has 3 aromatic rings. The summed E-state index contributed by atoms with van der Waals surface area (Å²) in [6.07, 6.45) is 7.08. The Morgan fingerprint density at radius 2 is 1.62 bits per heavy atom. The molecule has 1 saturated carbocycles. The fourth-order valence-electron chi connectivity index (χ4n) is 4.26. The summed E-state index contributed by atoms with van der Waals surface area (Å²) in [5.41, 5.74) is 3.95. The van der Waals surface area contributed by atoms with Gasteiger partial charge >= 0.3 is 0 Å². The monoisotopic (exact) mass is 548 g/mol. The average molecular weight is 549 g/mol. The van der Waals surface area contributed by atoms with Crippen LogP contribution in [0.5, 0.6) is 5.75 Å². The minimum absolute atomic E-state index is 0.0350. The lowest BCUT2D eigenvalue weighted by atomic mass is 9.95. The van der Waals surface area contributed by atoms with Gasteiger partial charge in [-0.05, 0) is 79.1 Å². The van der Waals surface area contributed by atoms with Gasteiger partial charge in [0.05, 0.1) is 16.8 Å². The molecule has 39 heavy (non-hydrogen) atoms. The lowest BCUT2D eigenvalue weighted by Crippen LogP contribution is -2.38. The first-order valence-corrected chi connectivity index (χ1v) is 14.3. The SMILES string of the molecule is CN(c1ccc(C(=O)N/N=C\c2ccc(OCC(=O)NC3CCCCC3)cc2)cc1)S(=O)(=O)c1ccccc1. The number of nitrogens with one attached hydrogen (secondary N) is 2. The number of ether oxygens (including phenoxy) is 1. The zero-order chi connectivity index (χ0) is 27.7. The molecule has 0 aliphatic heterocycles. The van der Waals surface area contributed by atoms with Gasteiger partial charge in [-0.25, -0.2) is 13.8 Å². The minimum Gasteiger partial charge on any atom is -0.484 e. The normalized spacial score (nSPS) is 14.1. The van der Waals surface area contributed by atoms with Crippen molar-refractivity contribution in [3.05, 3.63) is 90.0 Å². The van der Waals surface area contributed by atoms with Crippen molar-refractivity contribution < 1.29 is 22.7 Å². The summed E-state index contributed by atoms with van der Waals surface area (Å²) in [4.78, 5) is 24.8. The number of hydrogen-bond donors (Lipinski definition) is 2. The number of hydrogen-bond acceptors (Lipinski definition) is 6. The van der Waals surface area contributed by atoms with Gasteiger partial charge < -0.3 is 10.1 Å². The number of anilines is 1. The fraction of sp³-hybridized carbons (Fsp3) is 0.276. The molecule has 2 amide bonds. The molecule has 0 heterocycles. The second-order valence-electron chi connectivity index (χ2n) is 9.29. The zero-order valence-corrected chi connectivity index (χ0v) is 22.6. The number of sulfonamides is 1. The Labute approximate surface area is 228 Å². The Hall–Kier alpha value is -4.18. The van der Waals surface area contributed by atoms with Crippen molar-refractivity contribution in [1.82, 2.24) is 10.7 Å². The van der Waals surface area contributed by atoms with Gasteiger partial charge in [-0.3, -0.25) is 13.9 Å². The van der Waals surface area contributed by atoms with Crippen LogP contribution in [0.1, 0.15) is 48.0 Å². The maximum atomic E-state index is 12.8.